The Balaban J connectivity index is 5.16. The Kier molecular flexibility index (Phi) is 10.2. The Morgan fingerprint density at radius 3 is 1.84 bits per heavy atom. The van der Waals surface area contributed by atoms with Crippen LogP contribution in [0.4, 0.5) is 4.79 Å². The molecule has 0 aliphatic rings. The number of amides is 3. The average molecular weight is 442 g/mol. The largest absolute Gasteiger partial charge is 0.458 e. The van der Waals surface area contributed by atoms with Crippen molar-refractivity contribution in [3.8, 4) is 0 Å². The average Bonchev–Trinajstić information content (AvgIpc) is 2.55. The quantitative estimate of drug-likeness (QED) is 0.442. The van der Waals surface area contributed by atoms with Crippen molar-refractivity contribution >= 4 is 23.9 Å². The molecule has 2 atom stereocenters. The van der Waals surface area contributed by atoms with Crippen molar-refractivity contribution in [1.82, 2.24) is 15.5 Å². The third-order valence-corrected chi connectivity index (χ3v) is 3.80. The number of carbonyl (C=O) groups is 4. The molecule has 0 rings (SSSR count). The summed E-state index contributed by atoms with van der Waals surface area (Å²) in [5.74, 6) is -1.82. The minimum Gasteiger partial charge on any atom is -0.458 e. The first kappa shape index (κ1) is 28.4. The Bertz CT molecular complexity index is 688. The van der Waals surface area contributed by atoms with Crippen molar-refractivity contribution in [1.29, 1.82) is 0 Å². The van der Waals surface area contributed by atoms with Gasteiger partial charge in [-0.15, -0.1) is 0 Å². The normalized spacial score (nSPS) is 13.6. The molecule has 9 nitrogen and oxygen atoms in total. The van der Waals surface area contributed by atoms with Crippen molar-refractivity contribution in [3.05, 3.63) is 12.3 Å². The van der Waals surface area contributed by atoms with Crippen LogP contribution in [0.5, 0.6) is 0 Å². The van der Waals surface area contributed by atoms with Crippen molar-refractivity contribution < 1.29 is 28.7 Å². The number of ether oxygens (including phenoxy) is 2. The van der Waals surface area contributed by atoms with E-state index in [-0.39, 0.29) is 11.6 Å². The van der Waals surface area contributed by atoms with Gasteiger partial charge in [0.15, 0.2) is 0 Å². The van der Waals surface area contributed by atoms with E-state index in [1.807, 2.05) is 13.8 Å². The highest BCUT2D eigenvalue weighted by Crippen LogP contribution is 2.16. The molecule has 31 heavy (non-hydrogen) atoms. The zero-order valence-corrected chi connectivity index (χ0v) is 20.5. The molecule has 0 bridgehead atoms. The van der Waals surface area contributed by atoms with Crippen LogP contribution in [0.1, 0.15) is 68.7 Å². The highest BCUT2D eigenvalue weighted by Gasteiger charge is 2.32. The number of likely N-dealkylation sites (N-methyl/N-ethyl adjacent to an activating group) is 1. The summed E-state index contributed by atoms with van der Waals surface area (Å²) in [5.41, 5.74) is -1.66. The molecular weight excluding hydrogens is 402 g/mol. The molecule has 0 unspecified atom stereocenters. The molecule has 0 saturated heterocycles. The fraction of sp³-hybridized carbons (Fsp3) is 0.727. The van der Waals surface area contributed by atoms with Gasteiger partial charge in [-0.1, -0.05) is 20.4 Å². The van der Waals surface area contributed by atoms with Crippen LogP contribution in [0.25, 0.3) is 0 Å². The molecule has 3 amide bonds. The molecule has 0 saturated carbocycles. The van der Waals surface area contributed by atoms with E-state index in [1.165, 1.54) is 18.9 Å². The summed E-state index contributed by atoms with van der Waals surface area (Å²) in [4.78, 5) is 50.8. The van der Waals surface area contributed by atoms with Gasteiger partial charge in [0.05, 0.1) is 5.70 Å². The zero-order valence-electron chi connectivity index (χ0n) is 20.5. The molecule has 0 aromatic carbocycles. The van der Waals surface area contributed by atoms with Gasteiger partial charge in [-0.25, -0.2) is 9.59 Å². The zero-order chi connectivity index (χ0) is 24.7. The number of hydrogen-bond acceptors (Lipinski definition) is 6. The molecule has 2 N–H and O–H groups in total. The van der Waals surface area contributed by atoms with Crippen molar-refractivity contribution in [2.24, 2.45) is 5.92 Å². The SMILES string of the molecule is C=C(NC(=O)[C@H](CC(C)C)N(C)C(=O)OC(C)(C)C)C(=O)N[C@@H](C)C(=O)OC(C)(C)C. The number of rotatable bonds is 8. The summed E-state index contributed by atoms with van der Waals surface area (Å²) in [5, 5.41) is 4.87. The lowest BCUT2D eigenvalue weighted by molar-refractivity contribution is -0.157. The molecule has 0 aromatic rings. The second kappa shape index (κ2) is 11.2. The molecular formula is C22H39N3O6. The molecule has 0 spiro atoms. The molecule has 0 aliphatic heterocycles. The Morgan fingerprint density at radius 1 is 0.935 bits per heavy atom. The standard InChI is InChI=1S/C22H39N3O6/c1-13(2)12-16(25(11)20(29)31-22(8,9)10)18(27)23-14(3)17(26)24-15(4)19(28)30-21(5,6)7/h13,15-16H,3,12H2,1-2,4-11H3,(H,23,27)(H,24,26)/t15-,16-/m0/s1. The minimum absolute atomic E-state index is 0.0925. The van der Waals surface area contributed by atoms with E-state index in [1.54, 1.807) is 41.5 Å². The van der Waals surface area contributed by atoms with Gasteiger partial charge in [0.1, 0.15) is 23.3 Å². The lowest BCUT2D eigenvalue weighted by Gasteiger charge is -2.31. The lowest BCUT2D eigenvalue weighted by Crippen LogP contribution is -2.51. The highest BCUT2D eigenvalue weighted by molar-refractivity contribution is 6.00. The number of nitrogens with zero attached hydrogens (tertiary/aromatic N) is 1. The first-order valence-electron chi connectivity index (χ1n) is 10.3. The molecule has 0 aromatic heterocycles. The van der Waals surface area contributed by atoms with Crippen molar-refractivity contribution in [2.45, 2.75) is 92.0 Å². The number of esters is 1. The van der Waals surface area contributed by atoms with Gasteiger partial charge < -0.3 is 20.1 Å². The molecule has 9 heteroatoms. The van der Waals surface area contributed by atoms with E-state index in [4.69, 9.17) is 9.47 Å². The second-order valence-electron chi connectivity index (χ2n) is 9.93. The number of carbonyl (C=O) groups excluding carboxylic acids is 4. The number of nitrogens with one attached hydrogen (secondary N) is 2. The Morgan fingerprint density at radius 2 is 1.42 bits per heavy atom. The van der Waals surface area contributed by atoms with Crippen LogP contribution in [0.15, 0.2) is 12.3 Å². The first-order chi connectivity index (χ1) is 13.8. The van der Waals surface area contributed by atoms with E-state index >= 15 is 0 Å². The topological polar surface area (TPSA) is 114 Å². The van der Waals surface area contributed by atoms with Gasteiger partial charge in [0.25, 0.3) is 5.91 Å². The lowest BCUT2D eigenvalue weighted by atomic mass is 10.0. The van der Waals surface area contributed by atoms with Gasteiger partial charge in [-0.3, -0.25) is 14.5 Å². The maximum absolute atomic E-state index is 12.8. The third-order valence-electron chi connectivity index (χ3n) is 3.80. The summed E-state index contributed by atoms with van der Waals surface area (Å²) in [6.07, 6.45) is -0.299. The second-order valence-corrected chi connectivity index (χ2v) is 9.93. The van der Waals surface area contributed by atoms with E-state index in [2.05, 4.69) is 17.2 Å². The van der Waals surface area contributed by atoms with Gasteiger partial charge in [-0.2, -0.15) is 0 Å². The van der Waals surface area contributed by atoms with Crippen molar-refractivity contribution in [2.75, 3.05) is 7.05 Å². The Labute approximate surface area is 185 Å². The smallest absolute Gasteiger partial charge is 0.410 e. The van der Waals surface area contributed by atoms with E-state index < -0.39 is 47.2 Å². The van der Waals surface area contributed by atoms with Gasteiger partial charge in [0, 0.05) is 7.05 Å². The van der Waals surface area contributed by atoms with Crippen LogP contribution < -0.4 is 10.6 Å². The highest BCUT2D eigenvalue weighted by atomic mass is 16.6. The van der Waals surface area contributed by atoms with Crippen LogP contribution >= 0.6 is 0 Å². The van der Waals surface area contributed by atoms with Crippen LogP contribution in [0.2, 0.25) is 0 Å². The maximum atomic E-state index is 12.8. The number of hydrogen-bond donors (Lipinski definition) is 2. The summed E-state index contributed by atoms with van der Waals surface area (Å²) < 4.78 is 10.5. The monoisotopic (exact) mass is 441 g/mol. The molecule has 0 aliphatic carbocycles. The Hall–Kier alpha value is -2.58. The van der Waals surface area contributed by atoms with Gasteiger partial charge >= 0.3 is 12.1 Å². The molecule has 178 valence electrons. The predicted octanol–water partition coefficient (Wildman–Crippen LogP) is 2.74. The van der Waals surface area contributed by atoms with Crippen LogP contribution in [-0.2, 0) is 23.9 Å². The maximum Gasteiger partial charge on any atom is 0.410 e. The van der Waals surface area contributed by atoms with Gasteiger partial charge in [-0.05, 0) is 60.8 Å². The molecule has 0 radical (unpaired) electrons. The first-order valence-corrected chi connectivity index (χ1v) is 10.3. The summed E-state index contributed by atoms with van der Waals surface area (Å²) in [6.45, 7) is 19.2. The van der Waals surface area contributed by atoms with Crippen molar-refractivity contribution in [3.63, 3.8) is 0 Å². The fourth-order valence-electron chi connectivity index (χ4n) is 2.37. The van der Waals surface area contributed by atoms with Crippen LogP contribution in [0, 0.1) is 5.92 Å². The summed E-state index contributed by atoms with van der Waals surface area (Å²) in [7, 11) is 1.47. The van der Waals surface area contributed by atoms with Crippen LogP contribution in [-0.4, -0.2) is 59.1 Å². The van der Waals surface area contributed by atoms with E-state index in [0.717, 1.165) is 0 Å². The third kappa shape index (κ3) is 11.4. The minimum atomic E-state index is -0.934. The molecule has 0 heterocycles. The van der Waals surface area contributed by atoms with Crippen LogP contribution in [0.3, 0.4) is 0 Å². The van der Waals surface area contributed by atoms with E-state index in [9.17, 15) is 19.2 Å². The summed E-state index contributed by atoms with van der Waals surface area (Å²) in [6, 6.07) is -1.81. The fourth-order valence-corrected chi connectivity index (χ4v) is 2.37. The summed E-state index contributed by atoms with van der Waals surface area (Å²) >= 11 is 0. The molecule has 0 fully saturated rings. The predicted molar refractivity (Wildman–Crippen MR) is 118 cm³/mol. The van der Waals surface area contributed by atoms with Gasteiger partial charge in [0.2, 0.25) is 5.91 Å². The van der Waals surface area contributed by atoms with E-state index in [0.29, 0.717) is 6.42 Å².